The molecule has 0 unspecified atom stereocenters. The van der Waals surface area contributed by atoms with Crippen LogP contribution in [0.1, 0.15) is 42.5 Å². The Bertz CT molecular complexity index is 385. The van der Waals surface area contributed by atoms with E-state index in [0.717, 1.165) is 0 Å². The van der Waals surface area contributed by atoms with Crippen molar-refractivity contribution in [3.05, 3.63) is 18.0 Å². The summed E-state index contributed by atoms with van der Waals surface area (Å²) in [6.07, 6.45) is 8.88. The first-order valence-corrected chi connectivity index (χ1v) is 5.96. The van der Waals surface area contributed by atoms with Crippen molar-refractivity contribution in [3.8, 4) is 0 Å². The van der Waals surface area contributed by atoms with E-state index < -0.39 is 5.97 Å². The van der Waals surface area contributed by atoms with Gasteiger partial charge >= 0.3 is 5.97 Å². The highest BCUT2D eigenvalue weighted by molar-refractivity contribution is 5.86. The van der Waals surface area contributed by atoms with Crippen LogP contribution >= 0.6 is 0 Å². The predicted molar refractivity (Wildman–Crippen MR) is 64.3 cm³/mol. The Morgan fingerprint density at radius 1 is 1.29 bits per heavy atom. The summed E-state index contributed by atoms with van der Waals surface area (Å²) in [4.78, 5) is 21.0. The van der Waals surface area contributed by atoms with E-state index in [9.17, 15) is 4.79 Å². The van der Waals surface area contributed by atoms with Gasteiger partial charge in [-0.05, 0) is 12.8 Å². The second-order valence-electron chi connectivity index (χ2n) is 4.48. The highest BCUT2D eigenvalue weighted by Crippen LogP contribution is 2.23. The number of aromatic nitrogens is 2. The van der Waals surface area contributed by atoms with Crippen LogP contribution in [-0.4, -0.2) is 34.1 Å². The van der Waals surface area contributed by atoms with Gasteiger partial charge in [0, 0.05) is 25.5 Å². The lowest BCUT2D eigenvalue weighted by atomic mass is 9.95. The van der Waals surface area contributed by atoms with Crippen LogP contribution in [0.3, 0.4) is 0 Å². The van der Waals surface area contributed by atoms with E-state index >= 15 is 0 Å². The monoisotopic (exact) mass is 235 g/mol. The highest BCUT2D eigenvalue weighted by Gasteiger charge is 2.20. The Labute approximate surface area is 100 Å². The third kappa shape index (κ3) is 2.72. The third-order valence-corrected chi connectivity index (χ3v) is 3.32. The maximum Gasteiger partial charge on any atom is 0.338 e. The summed E-state index contributed by atoms with van der Waals surface area (Å²) in [6, 6.07) is 0.486. The molecule has 1 heterocycles. The van der Waals surface area contributed by atoms with Gasteiger partial charge < -0.3 is 10.0 Å². The van der Waals surface area contributed by atoms with Gasteiger partial charge in [0.15, 0.2) is 0 Å². The predicted octanol–water partition coefficient (Wildman–Crippen LogP) is 1.94. The number of aromatic carboxylic acids is 1. The number of carboxylic acids is 1. The maximum absolute atomic E-state index is 10.7. The second kappa shape index (κ2) is 5.12. The van der Waals surface area contributed by atoms with Crippen molar-refractivity contribution in [1.82, 2.24) is 9.97 Å². The van der Waals surface area contributed by atoms with Crippen molar-refractivity contribution in [3.63, 3.8) is 0 Å². The second-order valence-corrected chi connectivity index (χ2v) is 4.48. The van der Waals surface area contributed by atoms with Crippen molar-refractivity contribution < 1.29 is 9.90 Å². The Morgan fingerprint density at radius 3 is 2.41 bits per heavy atom. The Kier molecular flexibility index (Phi) is 3.56. The minimum absolute atomic E-state index is 0.130. The lowest BCUT2D eigenvalue weighted by molar-refractivity contribution is 0.0696. The molecular weight excluding hydrogens is 218 g/mol. The van der Waals surface area contributed by atoms with Crippen molar-refractivity contribution in [1.29, 1.82) is 0 Å². The summed E-state index contributed by atoms with van der Waals surface area (Å²) in [7, 11) is 1.98. The van der Waals surface area contributed by atoms with Crippen LogP contribution in [0.4, 0.5) is 5.95 Å². The number of carbonyl (C=O) groups is 1. The molecule has 0 radical (unpaired) electrons. The molecule has 2 rings (SSSR count). The number of anilines is 1. The molecule has 1 aromatic heterocycles. The number of carboxylic acid groups (broad SMARTS) is 1. The normalized spacial score (nSPS) is 16.8. The topological polar surface area (TPSA) is 66.3 Å². The Balaban J connectivity index is 2.07. The molecule has 1 N–H and O–H groups in total. The zero-order chi connectivity index (χ0) is 12.3. The summed E-state index contributed by atoms with van der Waals surface area (Å²) >= 11 is 0. The zero-order valence-corrected chi connectivity index (χ0v) is 9.96. The molecule has 0 spiro atoms. The van der Waals surface area contributed by atoms with Gasteiger partial charge in [0.1, 0.15) is 0 Å². The quantitative estimate of drug-likeness (QED) is 0.867. The number of nitrogens with zero attached hydrogens (tertiary/aromatic N) is 3. The molecule has 1 saturated carbocycles. The average molecular weight is 235 g/mol. The molecule has 1 fully saturated rings. The first-order valence-electron chi connectivity index (χ1n) is 5.96. The molecule has 1 aliphatic rings. The van der Waals surface area contributed by atoms with Gasteiger partial charge in [-0.2, -0.15) is 0 Å². The number of rotatable bonds is 3. The van der Waals surface area contributed by atoms with Crippen molar-refractivity contribution in [2.75, 3.05) is 11.9 Å². The number of hydrogen-bond donors (Lipinski definition) is 1. The molecule has 92 valence electrons. The Morgan fingerprint density at radius 2 is 1.88 bits per heavy atom. The molecule has 1 aliphatic carbocycles. The number of hydrogen-bond acceptors (Lipinski definition) is 4. The largest absolute Gasteiger partial charge is 0.478 e. The average Bonchev–Trinajstić information content (AvgIpc) is 2.39. The molecule has 0 bridgehead atoms. The standard InChI is InChI=1S/C12H17N3O2/c1-15(10-5-3-2-4-6-10)12-13-7-9(8-14-12)11(16)17/h7-8,10H,2-6H2,1H3,(H,16,17). The summed E-state index contributed by atoms with van der Waals surface area (Å²) in [6.45, 7) is 0. The first-order chi connectivity index (χ1) is 8.18. The minimum atomic E-state index is -0.989. The molecule has 0 atom stereocenters. The van der Waals surface area contributed by atoms with Crippen molar-refractivity contribution in [2.24, 2.45) is 0 Å². The third-order valence-electron chi connectivity index (χ3n) is 3.32. The van der Waals surface area contributed by atoms with Crippen LogP contribution in [0.2, 0.25) is 0 Å². The lowest BCUT2D eigenvalue weighted by Gasteiger charge is -2.31. The molecule has 0 aliphatic heterocycles. The molecule has 17 heavy (non-hydrogen) atoms. The van der Waals surface area contributed by atoms with Crippen LogP contribution in [0.15, 0.2) is 12.4 Å². The van der Waals surface area contributed by atoms with Gasteiger partial charge in [-0.15, -0.1) is 0 Å². The molecule has 5 heteroatoms. The van der Waals surface area contributed by atoms with E-state index in [1.165, 1.54) is 44.5 Å². The highest BCUT2D eigenvalue weighted by atomic mass is 16.4. The molecule has 1 aromatic rings. The van der Waals surface area contributed by atoms with E-state index in [2.05, 4.69) is 14.9 Å². The van der Waals surface area contributed by atoms with Crippen LogP contribution in [0.5, 0.6) is 0 Å². The summed E-state index contributed by atoms with van der Waals surface area (Å²) in [5, 5.41) is 8.77. The van der Waals surface area contributed by atoms with E-state index in [1.54, 1.807) is 0 Å². The van der Waals surface area contributed by atoms with Crippen LogP contribution < -0.4 is 4.90 Å². The fourth-order valence-corrected chi connectivity index (χ4v) is 2.25. The summed E-state index contributed by atoms with van der Waals surface area (Å²) < 4.78 is 0. The molecule has 0 aromatic carbocycles. The molecule has 0 saturated heterocycles. The fourth-order valence-electron chi connectivity index (χ4n) is 2.25. The first kappa shape index (κ1) is 11.8. The van der Waals surface area contributed by atoms with Gasteiger partial charge in [-0.3, -0.25) is 0 Å². The lowest BCUT2D eigenvalue weighted by Crippen LogP contribution is -2.34. The van der Waals surface area contributed by atoms with E-state index in [4.69, 9.17) is 5.11 Å². The molecule has 0 amide bonds. The minimum Gasteiger partial charge on any atom is -0.478 e. The van der Waals surface area contributed by atoms with Gasteiger partial charge in [0.2, 0.25) is 5.95 Å². The summed E-state index contributed by atoms with van der Waals surface area (Å²) in [5.74, 6) is -0.376. The van der Waals surface area contributed by atoms with Crippen LogP contribution in [0, 0.1) is 0 Å². The van der Waals surface area contributed by atoms with Gasteiger partial charge in [-0.25, -0.2) is 14.8 Å². The van der Waals surface area contributed by atoms with Gasteiger partial charge in [0.25, 0.3) is 0 Å². The Hall–Kier alpha value is -1.65. The van der Waals surface area contributed by atoms with Crippen molar-refractivity contribution in [2.45, 2.75) is 38.1 Å². The van der Waals surface area contributed by atoms with Crippen LogP contribution in [-0.2, 0) is 0 Å². The molecular formula is C12H17N3O2. The SMILES string of the molecule is CN(c1ncc(C(=O)O)cn1)C1CCCCC1. The van der Waals surface area contributed by atoms with Gasteiger partial charge in [-0.1, -0.05) is 19.3 Å². The molecule has 5 nitrogen and oxygen atoms in total. The van der Waals surface area contributed by atoms with Crippen molar-refractivity contribution >= 4 is 11.9 Å². The maximum atomic E-state index is 10.7. The van der Waals surface area contributed by atoms with Crippen LogP contribution in [0.25, 0.3) is 0 Å². The van der Waals surface area contributed by atoms with E-state index in [-0.39, 0.29) is 5.56 Å². The zero-order valence-electron chi connectivity index (χ0n) is 9.96. The summed E-state index contributed by atoms with van der Waals surface area (Å²) in [5.41, 5.74) is 0.130. The smallest absolute Gasteiger partial charge is 0.338 e. The van der Waals surface area contributed by atoms with E-state index in [1.807, 2.05) is 7.05 Å². The van der Waals surface area contributed by atoms with E-state index in [0.29, 0.717) is 12.0 Å². The fraction of sp³-hybridized carbons (Fsp3) is 0.583. The van der Waals surface area contributed by atoms with Gasteiger partial charge in [0.05, 0.1) is 5.56 Å².